The number of nitrogens with two attached hydrogens (primary N) is 1. The van der Waals surface area contributed by atoms with E-state index in [1.807, 2.05) is 0 Å². The number of aliphatic hydroxyl groups excluding tert-OH is 2. The van der Waals surface area contributed by atoms with Crippen molar-refractivity contribution in [3.8, 4) is 0 Å². The van der Waals surface area contributed by atoms with Gasteiger partial charge in [0.1, 0.15) is 0 Å². The smallest absolute Gasteiger partial charge is 0.0443 e. The van der Waals surface area contributed by atoms with Crippen LogP contribution < -0.4 is 5.73 Å². The normalized spacial score (nSPS) is 11.2. The summed E-state index contributed by atoms with van der Waals surface area (Å²) in [7, 11) is 0. The van der Waals surface area contributed by atoms with Gasteiger partial charge in [-0.3, -0.25) is 0 Å². The van der Waals surface area contributed by atoms with E-state index in [0.717, 1.165) is 45.3 Å². The van der Waals surface area contributed by atoms with Crippen molar-refractivity contribution in [3.63, 3.8) is 0 Å². The Balaban J connectivity index is 3.38. The number of rotatable bonds is 11. The van der Waals surface area contributed by atoms with Crippen LogP contribution in [-0.2, 0) is 0 Å². The van der Waals surface area contributed by atoms with Crippen LogP contribution in [0, 0.1) is 0 Å². The summed E-state index contributed by atoms with van der Waals surface area (Å²) in [5.74, 6) is 0. The molecule has 15 heavy (non-hydrogen) atoms. The van der Waals surface area contributed by atoms with Gasteiger partial charge in [0.05, 0.1) is 0 Å². The average molecular weight is 218 g/mol. The van der Waals surface area contributed by atoms with Gasteiger partial charge in [-0.05, 0) is 25.8 Å². The van der Waals surface area contributed by atoms with E-state index in [1.54, 1.807) is 0 Å². The van der Waals surface area contributed by atoms with E-state index in [9.17, 15) is 0 Å². The van der Waals surface area contributed by atoms with Crippen molar-refractivity contribution in [2.75, 3.05) is 39.4 Å². The molecule has 0 spiro atoms. The van der Waals surface area contributed by atoms with Gasteiger partial charge in [-0.2, -0.15) is 0 Å². The fourth-order valence-electron chi connectivity index (χ4n) is 1.61. The van der Waals surface area contributed by atoms with E-state index in [1.165, 1.54) is 6.42 Å². The van der Waals surface area contributed by atoms with E-state index in [4.69, 9.17) is 15.9 Å². The summed E-state index contributed by atoms with van der Waals surface area (Å²) in [4.78, 5) is 2.30. The zero-order chi connectivity index (χ0) is 11.4. The predicted octanol–water partition coefficient (Wildman–Crippen LogP) is 0.182. The SMILES string of the molecule is NCCN(CCCO)CCCCCCO. The maximum atomic E-state index is 8.74. The van der Waals surface area contributed by atoms with E-state index in [2.05, 4.69) is 4.90 Å². The molecule has 0 aromatic rings. The zero-order valence-corrected chi connectivity index (χ0v) is 9.70. The molecule has 0 aliphatic carbocycles. The van der Waals surface area contributed by atoms with Crippen molar-refractivity contribution in [2.24, 2.45) is 5.73 Å². The molecule has 0 fully saturated rings. The lowest BCUT2D eigenvalue weighted by atomic mass is 10.2. The zero-order valence-electron chi connectivity index (χ0n) is 9.70. The van der Waals surface area contributed by atoms with Crippen molar-refractivity contribution in [1.82, 2.24) is 4.90 Å². The van der Waals surface area contributed by atoms with Crippen LogP contribution in [0.25, 0.3) is 0 Å². The van der Waals surface area contributed by atoms with Crippen LogP contribution in [0.2, 0.25) is 0 Å². The standard InChI is InChI=1S/C11H26N2O2/c12-6-9-13(8-5-11-15)7-3-1-2-4-10-14/h14-15H,1-12H2. The fourth-order valence-corrected chi connectivity index (χ4v) is 1.61. The summed E-state index contributed by atoms with van der Waals surface area (Å²) in [6, 6.07) is 0. The molecule has 0 amide bonds. The Hall–Kier alpha value is -0.160. The topological polar surface area (TPSA) is 69.7 Å². The van der Waals surface area contributed by atoms with Gasteiger partial charge in [0.15, 0.2) is 0 Å². The highest BCUT2D eigenvalue weighted by Crippen LogP contribution is 2.01. The van der Waals surface area contributed by atoms with Crippen LogP contribution in [0.4, 0.5) is 0 Å². The fraction of sp³-hybridized carbons (Fsp3) is 1.00. The van der Waals surface area contributed by atoms with Gasteiger partial charge in [0, 0.05) is 32.8 Å². The van der Waals surface area contributed by atoms with Gasteiger partial charge in [-0.25, -0.2) is 0 Å². The van der Waals surface area contributed by atoms with E-state index in [-0.39, 0.29) is 6.61 Å². The van der Waals surface area contributed by atoms with Crippen LogP contribution in [0.5, 0.6) is 0 Å². The minimum Gasteiger partial charge on any atom is -0.396 e. The van der Waals surface area contributed by atoms with E-state index < -0.39 is 0 Å². The van der Waals surface area contributed by atoms with Gasteiger partial charge >= 0.3 is 0 Å². The number of nitrogens with zero attached hydrogens (tertiary/aromatic N) is 1. The first-order valence-corrected chi connectivity index (χ1v) is 5.99. The Labute approximate surface area is 93.1 Å². The quantitative estimate of drug-likeness (QED) is 0.433. The Kier molecular flexibility index (Phi) is 11.8. The second kappa shape index (κ2) is 11.9. The highest BCUT2D eigenvalue weighted by atomic mass is 16.3. The molecule has 0 aliphatic heterocycles. The third-order valence-corrected chi connectivity index (χ3v) is 2.46. The molecule has 0 saturated heterocycles. The summed E-state index contributed by atoms with van der Waals surface area (Å²) in [6.07, 6.45) is 5.17. The Morgan fingerprint density at radius 3 is 1.93 bits per heavy atom. The first-order chi connectivity index (χ1) is 7.35. The number of aliphatic hydroxyl groups is 2. The molecule has 0 rings (SSSR count). The van der Waals surface area contributed by atoms with Gasteiger partial charge < -0.3 is 20.8 Å². The Morgan fingerprint density at radius 1 is 0.733 bits per heavy atom. The molecule has 0 bridgehead atoms. The third-order valence-electron chi connectivity index (χ3n) is 2.46. The first kappa shape index (κ1) is 14.8. The van der Waals surface area contributed by atoms with Crippen LogP contribution in [0.3, 0.4) is 0 Å². The molecule has 0 heterocycles. The lowest BCUT2D eigenvalue weighted by Gasteiger charge is -2.20. The largest absolute Gasteiger partial charge is 0.396 e. The summed E-state index contributed by atoms with van der Waals surface area (Å²) in [6.45, 7) is 4.15. The molecule has 0 unspecified atom stereocenters. The molecular formula is C11H26N2O2. The van der Waals surface area contributed by atoms with E-state index >= 15 is 0 Å². The van der Waals surface area contributed by atoms with Gasteiger partial charge in [0.2, 0.25) is 0 Å². The minimum absolute atomic E-state index is 0.256. The molecule has 0 aromatic carbocycles. The molecule has 0 atom stereocenters. The molecule has 4 nitrogen and oxygen atoms in total. The minimum atomic E-state index is 0.256. The summed E-state index contributed by atoms with van der Waals surface area (Å²) < 4.78 is 0. The molecule has 0 saturated carbocycles. The molecular weight excluding hydrogens is 192 g/mol. The van der Waals surface area contributed by atoms with Crippen molar-refractivity contribution < 1.29 is 10.2 Å². The molecule has 4 heteroatoms. The number of hydrogen-bond donors (Lipinski definition) is 3. The Bertz CT molecular complexity index is 123. The second-order valence-electron chi connectivity index (χ2n) is 3.85. The summed E-state index contributed by atoms with van der Waals surface area (Å²) in [5.41, 5.74) is 5.52. The van der Waals surface area contributed by atoms with Crippen molar-refractivity contribution >= 4 is 0 Å². The van der Waals surface area contributed by atoms with Crippen LogP contribution in [0.1, 0.15) is 32.1 Å². The van der Waals surface area contributed by atoms with Crippen molar-refractivity contribution in [2.45, 2.75) is 32.1 Å². The van der Waals surface area contributed by atoms with Crippen molar-refractivity contribution in [1.29, 1.82) is 0 Å². The number of unbranched alkanes of at least 4 members (excludes halogenated alkanes) is 3. The number of hydrogen-bond acceptors (Lipinski definition) is 4. The van der Waals surface area contributed by atoms with Crippen molar-refractivity contribution in [3.05, 3.63) is 0 Å². The second-order valence-corrected chi connectivity index (χ2v) is 3.85. The first-order valence-electron chi connectivity index (χ1n) is 5.99. The maximum Gasteiger partial charge on any atom is 0.0443 e. The predicted molar refractivity (Wildman–Crippen MR) is 62.8 cm³/mol. The molecule has 4 N–H and O–H groups in total. The van der Waals surface area contributed by atoms with Gasteiger partial charge in [0.25, 0.3) is 0 Å². The van der Waals surface area contributed by atoms with Gasteiger partial charge in [-0.15, -0.1) is 0 Å². The molecule has 0 aliphatic rings. The van der Waals surface area contributed by atoms with Crippen LogP contribution in [0.15, 0.2) is 0 Å². The highest BCUT2D eigenvalue weighted by Gasteiger charge is 2.02. The van der Waals surface area contributed by atoms with Crippen LogP contribution in [-0.4, -0.2) is 54.5 Å². The molecule has 0 aromatic heterocycles. The van der Waals surface area contributed by atoms with Gasteiger partial charge in [-0.1, -0.05) is 12.8 Å². The summed E-state index contributed by atoms with van der Waals surface area (Å²) >= 11 is 0. The Morgan fingerprint density at radius 2 is 1.33 bits per heavy atom. The highest BCUT2D eigenvalue weighted by molar-refractivity contribution is 4.58. The molecule has 0 radical (unpaired) electrons. The summed E-state index contributed by atoms with van der Waals surface area (Å²) in [5, 5.41) is 17.4. The lowest BCUT2D eigenvalue weighted by Crippen LogP contribution is -2.31. The maximum absolute atomic E-state index is 8.74. The molecule has 92 valence electrons. The third kappa shape index (κ3) is 10.1. The van der Waals surface area contributed by atoms with Crippen LogP contribution >= 0.6 is 0 Å². The average Bonchev–Trinajstić information content (AvgIpc) is 2.25. The lowest BCUT2D eigenvalue weighted by molar-refractivity contribution is 0.223. The monoisotopic (exact) mass is 218 g/mol. The van der Waals surface area contributed by atoms with E-state index in [0.29, 0.717) is 13.2 Å².